The molecular formula is C13H21N3. The molecule has 0 amide bonds. The van der Waals surface area contributed by atoms with E-state index in [0.717, 1.165) is 17.9 Å². The molecule has 0 spiro atoms. The van der Waals surface area contributed by atoms with Crippen LogP contribution in [0, 0.1) is 5.92 Å². The fraction of sp³-hybridized carbons (Fsp3) is 0.692. The lowest BCUT2D eigenvalue weighted by Crippen LogP contribution is -2.14. The summed E-state index contributed by atoms with van der Waals surface area (Å²) in [7, 11) is 0. The number of hydrogen-bond acceptors (Lipinski definition) is 3. The molecule has 0 aliphatic heterocycles. The molecule has 3 heteroatoms. The average Bonchev–Trinajstić information content (AvgIpc) is 2.38. The van der Waals surface area contributed by atoms with Crippen molar-refractivity contribution in [3.63, 3.8) is 0 Å². The van der Waals surface area contributed by atoms with Gasteiger partial charge in [0.05, 0.1) is 0 Å². The largest absolute Gasteiger partial charge is 0.324 e. The minimum atomic E-state index is 0.114. The van der Waals surface area contributed by atoms with Crippen LogP contribution < -0.4 is 5.73 Å². The zero-order valence-electron chi connectivity index (χ0n) is 9.81. The number of aromatic nitrogens is 2. The van der Waals surface area contributed by atoms with E-state index in [9.17, 15) is 0 Å². The Balaban J connectivity index is 1.77. The summed E-state index contributed by atoms with van der Waals surface area (Å²) in [5.74, 6) is 0.907. The lowest BCUT2D eigenvalue weighted by atomic mass is 9.85. The third-order valence-corrected chi connectivity index (χ3v) is 3.62. The highest BCUT2D eigenvalue weighted by Gasteiger charge is 2.15. The van der Waals surface area contributed by atoms with Gasteiger partial charge < -0.3 is 5.73 Å². The summed E-state index contributed by atoms with van der Waals surface area (Å²) >= 11 is 0. The summed E-state index contributed by atoms with van der Waals surface area (Å²) in [5, 5.41) is 0. The van der Waals surface area contributed by atoms with E-state index in [-0.39, 0.29) is 6.04 Å². The normalized spacial score (nSPS) is 19.6. The molecule has 0 saturated heterocycles. The van der Waals surface area contributed by atoms with Crippen molar-refractivity contribution in [3.05, 3.63) is 24.3 Å². The molecule has 1 atom stereocenters. The van der Waals surface area contributed by atoms with Crippen molar-refractivity contribution in [2.45, 2.75) is 51.0 Å². The van der Waals surface area contributed by atoms with Gasteiger partial charge in [-0.3, -0.25) is 0 Å². The molecule has 1 unspecified atom stereocenters. The molecule has 1 heterocycles. The smallest absolute Gasteiger partial charge is 0.115 e. The Morgan fingerprint density at radius 3 is 2.56 bits per heavy atom. The summed E-state index contributed by atoms with van der Waals surface area (Å²) in [6, 6.07) is 0.114. The van der Waals surface area contributed by atoms with E-state index in [0.29, 0.717) is 0 Å². The van der Waals surface area contributed by atoms with E-state index in [1.54, 1.807) is 6.33 Å². The van der Waals surface area contributed by atoms with Gasteiger partial charge in [-0.2, -0.15) is 0 Å². The lowest BCUT2D eigenvalue weighted by Gasteiger charge is -2.22. The summed E-state index contributed by atoms with van der Waals surface area (Å²) in [6.07, 6.45) is 14.6. The van der Waals surface area contributed by atoms with Gasteiger partial charge in [-0.15, -0.1) is 0 Å². The molecule has 1 aromatic heterocycles. The molecule has 2 N–H and O–H groups in total. The number of hydrogen-bond donors (Lipinski definition) is 1. The fourth-order valence-corrected chi connectivity index (χ4v) is 2.56. The second kappa shape index (κ2) is 5.94. The molecular weight excluding hydrogens is 198 g/mol. The zero-order valence-corrected chi connectivity index (χ0v) is 9.81. The highest BCUT2D eigenvalue weighted by Crippen LogP contribution is 2.29. The maximum atomic E-state index is 6.13. The Morgan fingerprint density at radius 2 is 1.88 bits per heavy atom. The SMILES string of the molecule is NC(CCC1CCCCC1)c1cncnc1. The minimum Gasteiger partial charge on any atom is -0.324 e. The van der Waals surface area contributed by atoms with Crippen LogP contribution in [0.1, 0.15) is 56.6 Å². The Morgan fingerprint density at radius 1 is 1.19 bits per heavy atom. The first-order valence-corrected chi connectivity index (χ1v) is 6.37. The molecule has 1 saturated carbocycles. The topological polar surface area (TPSA) is 51.8 Å². The van der Waals surface area contributed by atoms with Crippen molar-refractivity contribution < 1.29 is 0 Å². The third-order valence-electron chi connectivity index (χ3n) is 3.62. The number of nitrogens with two attached hydrogens (primary N) is 1. The van der Waals surface area contributed by atoms with Crippen LogP contribution in [0.25, 0.3) is 0 Å². The van der Waals surface area contributed by atoms with Crippen LogP contribution in [0.5, 0.6) is 0 Å². The predicted octanol–water partition coefficient (Wildman–Crippen LogP) is 2.84. The van der Waals surface area contributed by atoms with Gasteiger partial charge in [0, 0.05) is 24.0 Å². The van der Waals surface area contributed by atoms with Gasteiger partial charge in [0.2, 0.25) is 0 Å². The van der Waals surface area contributed by atoms with E-state index in [4.69, 9.17) is 5.73 Å². The van der Waals surface area contributed by atoms with Crippen molar-refractivity contribution in [2.75, 3.05) is 0 Å². The lowest BCUT2D eigenvalue weighted by molar-refractivity contribution is 0.324. The first-order chi connectivity index (χ1) is 7.86. The van der Waals surface area contributed by atoms with Crippen LogP contribution in [-0.4, -0.2) is 9.97 Å². The summed E-state index contributed by atoms with van der Waals surface area (Å²) in [6.45, 7) is 0. The second-order valence-electron chi connectivity index (χ2n) is 4.86. The third kappa shape index (κ3) is 3.27. The standard InChI is InChI=1S/C13H21N3/c14-13(12-8-15-10-16-9-12)7-6-11-4-2-1-3-5-11/h8-11,13H,1-7,14H2. The maximum absolute atomic E-state index is 6.13. The van der Waals surface area contributed by atoms with Gasteiger partial charge in [-0.1, -0.05) is 32.1 Å². The van der Waals surface area contributed by atoms with E-state index >= 15 is 0 Å². The monoisotopic (exact) mass is 219 g/mol. The van der Waals surface area contributed by atoms with Crippen LogP contribution in [-0.2, 0) is 0 Å². The van der Waals surface area contributed by atoms with E-state index < -0.39 is 0 Å². The summed E-state index contributed by atoms with van der Waals surface area (Å²) in [4.78, 5) is 8.02. The predicted molar refractivity (Wildman–Crippen MR) is 64.8 cm³/mol. The molecule has 88 valence electrons. The van der Waals surface area contributed by atoms with Crippen molar-refractivity contribution in [1.82, 2.24) is 9.97 Å². The molecule has 1 aliphatic rings. The van der Waals surface area contributed by atoms with Crippen LogP contribution in [0.4, 0.5) is 0 Å². The second-order valence-corrected chi connectivity index (χ2v) is 4.86. The van der Waals surface area contributed by atoms with Crippen LogP contribution in [0.15, 0.2) is 18.7 Å². The van der Waals surface area contributed by atoms with Gasteiger partial charge in [0.1, 0.15) is 6.33 Å². The molecule has 0 radical (unpaired) electrons. The maximum Gasteiger partial charge on any atom is 0.115 e. The molecule has 1 fully saturated rings. The zero-order chi connectivity index (χ0) is 11.2. The first-order valence-electron chi connectivity index (χ1n) is 6.37. The highest BCUT2D eigenvalue weighted by molar-refractivity contribution is 5.07. The quantitative estimate of drug-likeness (QED) is 0.847. The van der Waals surface area contributed by atoms with Gasteiger partial charge >= 0.3 is 0 Å². The Kier molecular flexibility index (Phi) is 4.28. The van der Waals surface area contributed by atoms with Crippen LogP contribution in [0.3, 0.4) is 0 Å². The molecule has 16 heavy (non-hydrogen) atoms. The van der Waals surface area contributed by atoms with Crippen LogP contribution in [0.2, 0.25) is 0 Å². The fourth-order valence-electron chi connectivity index (χ4n) is 2.56. The highest BCUT2D eigenvalue weighted by atomic mass is 14.8. The van der Waals surface area contributed by atoms with Crippen LogP contribution >= 0.6 is 0 Å². The van der Waals surface area contributed by atoms with Crippen molar-refractivity contribution in [1.29, 1.82) is 0 Å². The van der Waals surface area contributed by atoms with Crippen molar-refractivity contribution in [2.24, 2.45) is 11.7 Å². The molecule has 3 nitrogen and oxygen atoms in total. The van der Waals surface area contributed by atoms with Crippen molar-refractivity contribution >= 4 is 0 Å². The van der Waals surface area contributed by atoms with E-state index in [1.165, 1.54) is 38.5 Å². The van der Waals surface area contributed by atoms with E-state index in [1.807, 2.05) is 12.4 Å². The summed E-state index contributed by atoms with van der Waals surface area (Å²) in [5.41, 5.74) is 7.20. The van der Waals surface area contributed by atoms with Gasteiger partial charge in [-0.25, -0.2) is 9.97 Å². The molecule has 0 aromatic carbocycles. The number of nitrogens with zero attached hydrogens (tertiary/aromatic N) is 2. The average molecular weight is 219 g/mol. The minimum absolute atomic E-state index is 0.114. The summed E-state index contributed by atoms with van der Waals surface area (Å²) < 4.78 is 0. The van der Waals surface area contributed by atoms with Gasteiger partial charge in [0.15, 0.2) is 0 Å². The van der Waals surface area contributed by atoms with Crippen molar-refractivity contribution in [3.8, 4) is 0 Å². The van der Waals surface area contributed by atoms with E-state index in [2.05, 4.69) is 9.97 Å². The Bertz CT molecular complexity index is 293. The number of rotatable bonds is 4. The Hall–Kier alpha value is -0.960. The molecule has 1 aromatic rings. The molecule has 1 aliphatic carbocycles. The van der Waals surface area contributed by atoms with Gasteiger partial charge in [0.25, 0.3) is 0 Å². The van der Waals surface area contributed by atoms with Gasteiger partial charge in [-0.05, 0) is 18.8 Å². The Labute approximate surface area is 97.5 Å². The first kappa shape index (κ1) is 11.5. The molecule has 0 bridgehead atoms. The molecule has 2 rings (SSSR count).